The highest BCUT2D eigenvalue weighted by Crippen LogP contribution is 2.34. The molecule has 0 fully saturated rings. The highest BCUT2D eigenvalue weighted by molar-refractivity contribution is 6.04. The van der Waals surface area contributed by atoms with E-state index < -0.39 is 0 Å². The number of nitrogens with one attached hydrogen (secondary N) is 1. The first-order valence-electron chi connectivity index (χ1n) is 11.2. The SMILES string of the molecule is CCN1CCCN(C(=O)Nc2ccc3nn(C)cc3c2)c2nc(-c3ccnc(C)c3)ccc21. The average Bonchev–Trinajstić information content (AvgIpc) is 3.07. The van der Waals surface area contributed by atoms with Gasteiger partial charge in [0, 0.05) is 61.4 Å². The van der Waals surface area contributed by atoms with Crippen LogP contribution in [0.5, 0.6) is 0 Å². The van der Waals surface area contributed by atoms with E-state index in [-0.39, 0.29) is 6.03 Å². The van der Waals surface area contributed by atoms with Gasteiger partial charge >= 0.3 is 6.03 Å². The number of benzene rings is 1. The maximum absolute atomic E-state index is 13.4. The lowest BCUT2D eigenvalue weighted by Gasteiger charge is -2.25. The number of aromatic nitrogens is 4. The minimum atomic E-state index is -0.187. The summed E-state index contributed by atoms with van der Waals surface area (Å²) in [6.07, 6.45) is 4.59. The molecule has 1 aromatic carbocycles. The minimum Gasteiger partial charge on any atom is -0.369 e. The topological polar surface area (TPSA) is 79.2 Å². The Bertz CT molecular complexity index is 1330. The molecule has 0 atom stereocenters. The van der Waals surface area contributed by atoms with E-state index in [1.54, 1.807) is 15.8 Å². The van der Waals surface area contributed by atoms with Crippen molar-refractivity contribution in [2.45, 2.75) is 20.3 Å². The van der Waals surface area contributed by atoms with E-state index in [1.807, 2.05) is 56.6 Å². The van der Waals surface area contributed by atoms with Crippen LogP contribution < -0.4 is 15.1 Å². The zero-order valence-corrected chi connectivity index (χ0v) is 19.1. The fourth-order valence-corrected chi connectivity index (χ4v) is 4.34. The zero-order chi connectivity index (χ0) is 22.9. The van der Waals surface area contributed by atoms with Crippen LogP contribution in [0.1, 0.15) is 19.0 Å². The van der Waals surface area contributed by atoms with Gasteiger partial charge in [0.2, 0.25) is 0 Å². The summed E-state index contributed by atoms with van der Waals surface area (Å²) in [5.41, 5.74) is 5.35. The van der Waals surface area contributed by atoms with Gasteiger partial charge in [-0.05, 0) is 62.7 Å². The molecule has 8 heteroatoms. The van der Waals surface area contributed by atoms with Crippen molar-refractivity contribution in [3.63, 3.8) is 0 Å². The molecule has 0 radical (unpaired) electrons. The van der Waals surface area contributed by atoms with Crippen molar-refractivity contribution < 1.29 is 4.79 Å². The Labute approximate surface area is 192 Å². The second-order valence-corrected chi connectivity index (χ2v) is 8.32. The number of hydrogen-bond acceptors (Lipinski definition) is 5. The van der Waals surface area contributed by atoms with Crippen LogP contribution in [0, 0.1) is 6.92 Å². The van der Waals surface area contributed by atoms with Crippen LogP contribution in [0.3, 0.4) is 0 Å². The van der Waals surface area contributed by atoms with E-state index in [2.05, 4.69) is 33.3 Å². The fraction of sp³-hybridized carbons (Fsp3) is 0.280. The molecule has 2 amide bonds. The Balaban J connectivity index is 1.51. The van der Waals surface area contributed by atoms with E-state index in [0.717, 1.165) is 58.7 Å². The predicted molar refractivity (Wildman–Crippen MR) is 132 cm³/mol. The standard InChI is InChI=1S/C25H27N7O/c1-4-31-12-5-13-32(25(33)27-20-6-7-22-19(15-20)16-30(3)29-22)24-23(31)9-8-21(28-24)18-10-11-26-17(2)14-18/h6-11,14-16H,4-5,12-13H2,1-3H3,(H,27,33). The molecule has 4 heterocycles. The lowest BCUT2D eigenvalue weighted by atomic mass is 10.1. The monoisotopic (exact) mass is 441 g/mol. The van der Waals surface area contributed by atoms with Gasteiger partial charge in [-0.3, -0.25) is 14.6 Å². The molecule has 0 saturated heterocycles. The van der Waals surface area contributed by atoms with Gasteiger partial charge in [0.15, 0.2) is 5.82 Å². The second kappa shape index (κ2) is 8.54. The van der Waals surface area contributed by atoms with Gasteiger partial charge in [0.05, 0.1) is 16.9 Å². The number of urea groups is 1. The highest BCUT2D eigenvalue weighted by Gasteiger charge is 2.26. The van der Waals surface area contributed by atoms with Crippen molar-refractivity contribution in [3.05, 3.63) is 60.6 Å². The summed E-state index contributed by atoms with van der Waals surface area (Å²) in [5, 5.41) is 8.45. The van der Waals surface area contributed by atoms with Crippen molar-refractivity contribution in [2.24, 2.45) is 7.05 Å². The van der Waals surface area contributed by atoms with Crippen molar-refractivity contribution in [3.8, 4) is 11.3 Å². The first-order valence-corrected chi connectivity index (χ1v) is 11.2. The van der Waals surface area contributed by atoms with Gasteiger partial charge in [-0.25, -0.2) is 9.78 Å². The van der Waals surface area contributed by atoms with Crippen LogP contribution in [0.4, 0.5) is 22.0 Å². The number of amides is 2. The Kier molecular flexibility index (Phi) is 5.42. The van der Waals surface area contributed by atoms with Crippen molar-refractivity contribution in [1.82, 2.24) is 19.7 Å². The number of pyridine rings is 2. The molecule has 3 aromatic heterocycles. The second-order valence-electron chi connectivity index (χ2n) is 8.32. The highest BCUT2D eigenvalue weighted by atomic mass is 16.2. The maximum atomic E-state index is 13.4. The summed E-state index contributed by atoms with van der Waals surface area (Å²) in [6.45, 7) is 6.42. The molecule has 1 aliphatic rings. The number of nitrogens with zero attached hydrogens (tertiary/aromatic N) is 6. The molecular formula is C25H27N7O. The molecule has 1 aliphatic heterocycles. The summed E-state index contributed by atoms with van der Waals surface area (Å²) >= 11 is 0. The van der Waals surface area contributed by atoms with Crippen LogP contribution in [0.25, 0.3) is 22.2 Å². The van der Waals surface area contributed by atoms with Crippen molar-refractivity contribution >= 4 is 34.1 Å². The van der Waals surface area contributed by atoms with Gasteiger partial charge in [-0.15, -0.1) is 0 Å². The van der Waals surface area contributed by atoms with E-state index in [4.69, 9.17) is 4.98 Å². The molecule has 8 nitrogen and oxygen atoms in total. The van der Waals surface area contributed by atoms with Crippen LogP contribution in [-0.2, 0) is 7.05 Å². The molecule has 0 bridgehead atoms. The van der Waals surface area contributed by atoms with Gasteiger partial charge in [0.1, 0.15) is 0 Å². The number of anilines is 3. The van der Waals surface area contributed by atoms with Crippen molar-refractivity contribution in [1.29, 1.82) is 0 Å². The van der Waals surface area contributed by atoms with E-state index in [9.17, 15) is 4.79 Å². The Morgan fingerprint density at radius 1 is 1.12 bits per heavy atom. The molecule has 1 N–H and O–H groups in total. The largest absolute Gasteiger partial charge is 0.369 e. The smallest absolute Gasteiger partial charge is 0.327 e. The fourth-order valence-electron chi connectivity index (χ4n) is 4.34. The number of rotatable bonds is 3. The number of aryl methyl sites for hydroxylation is 2. The van der Waals surface area contributed by atoms with Gasteiger partial charge in [-0.1, -0.05) is 0 Å². The van der Waals surface area contributed by atoms with E-state index >= 15 is 0 Å². The van der Waals surface area contributed by atoms with Crippen molar-refractivity contribution in [2.75, 3.05) is 34.8 Å². The number of fused-ring (bicyclic) bond motifs is 2. The lowest BCUT2D eigenvalue weighted by Crippen LogP contribution is -2.36. The van der Waals surface area contributed by atoms with E-state index in [0.29, 0.717) is 12.4 Å². The van der Waals surface area contributed by atoms with Crippen LogP contribution in [0.15, 0.2) is 54.9 Å². The molecule has 0 spiro atoms. The molecular weight excluding hydrogens is 414 g/mol. The summed E-state index contributed by atoms with van der Waals surface area (Å²) in [7, 11) is 1.89. The molecule has 168 valence electrons. The lowest BCUT2D eigenvalue weighted by molar-refractivity contribution is 0.257. The quantitative estimate of drug-likeness (QED) is 0.502. The third-order valence-electron chi connectivity index (χ3n) is 5.95. The summed E-state index contributed by atoms with van der Waals surface area (Å²) in [4.78, 5) is 26.7. The zero-order valence-electron chi connectivity index (χ0n) is 19.1. The summed E-state index contributed by atoms with van der Waals surface area (Å²) < 4.78 is 1.77. The third kappa shape index (κ3) is 4.11. The van der Waals surface area contributed by atoms with Crippen LogP contribution >= 0.6 is 0 Å². The summed E-state index contributed by atoms with van der Waals surface area (Å²) in [6, 6.07) is 13.6. The third-order valence-corrected chi connectivity index (χ3v) is 5.95. The number of carbonyl (C=O) groups excluding carboxylic acids is 1. The number of hydrogen-bond donors (Lipinski definition) is 1. The molecule has 5 rings (SSSR count). The Morgan fingerprint density at radius 3 is 2.82 bits per heavy atom. The molecule has 4 aromatic rings. The molecule has 0 unspecified atom stereocenters. The first kappa shape index (κ1) is 20.9. The van der Waals surface area contributed by atoms with Crippen LogP contribution in [0.2, 0.25) is 0 Å². The van der Waals surface area contributed by atoms with Gasteiger partial charge < -0.3 is 10.2 Å². The average molecular weight is 442 g/mol. The number of carbonyl (C=O) groups is 1. The van der Waals surface area contributed by atoms with E-state index in [1.165, 1.54) is 0 Å². The summed E-state index contributed by atoms with van der Waals surface area (Å²) in [5.74, 6) is 0.682. The van der Waals surface area contributed by atoms with Gasteiger partial charge in [0.25, 0.3) is 0 Å². The maximum Gasteiger partial charge on any atom is 0.327 e. The van der Waals surface area contributed by atoms with Crippen LogP contribution in [-0.4, -0.2) is 45.4 Å². The molecule has 33 heavy (non-hydrogen) atoms. The first-order chi connectivity index (χ1) is 16.0. The molecule has 0 saturated carbocycles. The predicted octanol–water partition coefficient (Wildman–Crippen LogP) is 4.61. The Hall–Kier alpha value is -3.94. The normalized spacial score (nSPS) is 13.7. The van der Waals surface area contributed by atoms with Gasteiger partial charge in [-0.2, -0.15) is 5.10 Å². The minimum absolute atomic E-state index is 0.187. The molecule has 0 aliphatic carbocycles. The Morgan fingerprint density at radius 2 is 2.00 bits per heavy atom.